The zero-order valence-corrected chi connectivity index (χ0v) is 13.9. The van der Waals surface area contributed by atoms with Crippen molar-refractivity contribution < 1.29 is 5.11 Å². The van der Waals surface area contributed by atoms with Crippen LogP contribution in [0.3, 0.4) is 0 Å². The lowest BCUT2D eigenvalue weighted by molar-refractivity contribution is 0.251. The van der Waals surface area contributed by atoms with E-state index < -0.39 is 0 Å². The van der Waals surface area contributed by atoms with Crippen molar-refractivity contribution in [2.75, 3.05) is 13.1 Å². The van der Waals surface area contributed by atoms with Gasteiger partial charge in [0.15, 0.2) is 0 Å². The number of nitrogens with zero attached hydrogens (tertiary/aromatic N) is 4. The third-order valence-electron chi connectivity index (χ3n) is 3.54. The fourth-order valence-corrected chi connectivity index (χ4v) is 4.63. The summed E-state index contributed by atoms with van der Waals surface area (Å²) in [6.07, 6.45) is 0. The molecule has 21 heavy (non-hydrogen) atoms. The van der Waals surface area contributed by atoms with Crippen LogP contribution in [-0.4, -0.2) is 37.7 Å². The molecule has 1 unspecified atom stereocenters. The fourth-order valence-electron chi connectivity index (χ4n) is 2.54. The van der Waals surface area contributed by atoms with E-state index in [4.69, 9.17) is 0 Å². The van der Waals surface area contributed by atoms with Crippen LogP contribution in [0.25, 0.3) is 4.96 Å². The van der Waals surface area contributed by atoms with Crippen molar-refractivity contribution in [3.05, 3.63) is 33.1 Å². The Bertz CT molecular complexity index is 728. The molecule has 0 aliphatic heterocycles. The molecule has 0 radical (unpaired) electrons. The molecule has 0 spiro atoms. The number of aryl methyl sites for hydroxylation is 1. The molecule has 112 valence electrons. The maximum atomic E-state index is 10.6. The number of thiophene rings is 1. The van der Waals surface area contributed by atoms with Crippen molar-refractivity contribution >= 4 is 27.6 Å². The van der Waals surface area contributed by atoms with Gasteiger partial charge in [-0.3, -0.25) is 4.90 Å². The Labute approximate surface area is 131 Å². The number of aromatic nitrogens is 3. The predicted octanol–water partition coefficient (Wildman–Crippen LogP) is 3.30. The maximum absolute atomic E-state index is 10.6. The van der Waals surface area contributed by atoms with Gasteiger partial charge in [0.1, 0.15) is 5.82 Å². The molecule has 0 aliphatic rings. The van der Waals surface area contributed by atoms with Gasteiger partial charge in [0.2, 0.25) is 10.8 Å². The summed E-state index contributed by atoms with van der Waals surface area (Å²) in [6, 6.07) is 4.23. The zero-order chi connectivity index (χ0) is 15.0. The average molecular weight is 322 g/mol. The highest BCUT2D eigenvalue weighted by molar-refractivity contribution is 7.17. The molecule has 1 atom stereocenters. The first kappa shape index (κ1) is 14.5. The van der Waals surface area contributed by atoms with Gasteiger partial charge >= 0.3 is 0 Å². The van der Waals surface area contributed by atoms with Gasteiger partial charge in [-0.05, 0) is 31.5 Å². The van der Waals surface area contributed by atoms with Crippen molar-refractivity contribution in [1.82, 2.24) is 19.5 Å². The molecule has 0 saturated carbocycles. The summed E-state index contributed by atoms with van der Waals surface area (Å²) in [4.78, 5) is 9.59. The van der Waals surface area contributed by atoms with E-state index in [9.17, 15) is 5.11 Å². The lowest BCUT2D eigenvalue weighted by Gasteiger charge is -2.27. The van der Waals surface area contributed by atoms with Crippen molar-refractivity contribution in [1.29, 1.82) is 0 Å². The first-order valence-electron chi connectivity index (χ1n) is 6.98. The Morgan fingerprint density at radius 2 is 2.14 bits per heavy atom. The lowest BCUT2D eigenvalue weighted by Crippen LogP contribution is -2.28. The molecule has 0 aromatic carbocycles. The second-order valence-corrected chi connectivity index (χ2v) is 6.77. The molecular weight excluding hydrogens is 304 g/mol. The second kappa shape index (κ2) is 5.75. The molecule has 0 bridgehead atoms. The van der Waals surface area contributed by atoms with Crippen LogP contribution in [0.2, 0.25) is 0 Å². The monoisotopic (exact) mass is 322 g/mol. The predicted molar refractivity (Wildman–Crippen MR) is 86.3 cm³/mol. The molecule has 1 N–H and O–H groups in total. The summed E-state index contributed by atoms with van der Waals surface area (Å²) in [6.45, 7) is 7.96. The zero-order valence-electron chi connectivity index (χ0n) is 12.3. The minimum absolute atomic E-state index is 0.0637. The highest BCUT2D eigenvalue weighted by Gasteiger charge is 2.28. The van der Waals surface area contributed by atoms with Crippen molar-refractivity contribution in [2.24, 2.45) is 0 Å². The normalized spacial score (nSPS) is 13.3. The van der Waals surface area contributed by atoms with Crippen LogP contribution in [0.1, 0.15) is 35.5 Å². The van der Waals surface area contributed by atoms with Gasteiger partial charge in [0, 0.05) is 4.88 Å². The summed E-state index contributed by atoms with van der Waals surface area (Å²) in [5.41, 5.74) is 0. The number of aromatic hydroxyl groups is 1. The maximum Gasteiger partial charge on any atom is 0.230 e. The minimum Gasteiger partial charge on any atom is -0.492 e. The second-order valence-electron chi connectivity index (χ2n) is 4.78. The van der Waals surface area contributed by atoms with Gasteiger partial charge in [0.25, 0.3) is 0 Å². The molecule has 0 aliphatic carbocycles. The number of fused-ring (bicyclic) bond motifs is 1. The fraction of sp³-hybridized carbons (Fsp3) is 0.429. The Hall–Kier alpha value is -1.44. The van der Waals surface area contributed by atoms with E-state index in [1.165, 1.54) is 16.2 Å². The first-order chi connectivity index (χ1) is 10.2. The van der Waals surface area contributed by atoms with Gasteiger partial charge in [-0.15, -0.1) is 16.4 Å². The molecule has 0 amide bonds. The smallest absolute Gasteiger partial charge is 0.230 e. The molecule has 3 heterocycles. The summed E-state index contributed by atoms with van der Waals surface area (Å²) < 4.78 is 1.54. The van der Waals surface area contributed by atoms with Crippen LogP contribution < -0.4 is 0 Å². The standard InChI is InChI=1S/C14H18N4OS2/c1-4-17(5-2)11(10-7-6-8-20-10)12-13(19)18-14(21-12)15-9(3)16-18/h6-8,11,19H,4-5H2,1-3H3. The van der Waals surface area contributed by atoms with Gasteiger partial charge in [-0.2, -0.15) is 4.52 Å². The van der Waals surface area contributed by atoms with Gasteiger partial charge < -0.3 is 5.11 Å². The Balaban J connectivity index is 2.13. The van der Waals surface area contributed by atoms with Gasteiger partial charge in [-0.25, -0.2) is 4.98 Å². The lowest BCUT2D eigenvalue weighted by atomic mass is 10.1. The van der Waals surface area contributed by atoms with E-state index >= 15 is 0 Å². The Morgan fingerprint density at radius 1 is 1.38 bits per heavy atom. The highest BCUT2D eigenvalue weighted by Crippen LogP contribution is 2.41. The van der Waals surface area contributed by atoms with E-state index in [1.807, 2.05) is 6.92 Å². The average Bonchev–Trinajstić information content (AvgIpc) is 3.16. The molecular formula is C14H18N4OS2. The Morgan fingerprint density at radius 3 is 2.71 bits per heavy atom. The van der Waals surface area contributed by atoms with E-state index in [2.05, 4.69) is 46.3 Å². The molecule has 3 aromatic rings. The van der Waals surface area contributed by atoms with Crippen molar-refractivity contribution in [3.8, 4) is 5.88 Å². The molecule has 0 saturated heterocycles. The van der Waals surface area contributed by atoms with Crippen LogP contribution in [0, 0.1) is 6.92 Å². The van der Waals surface area contributed by atoms with Gasteiger partial charge in [0.05, 0.1) is 10.9 Å². The first-order valence-corrected chi connectivity index (χ1v) is 8.67. The number of hydrogen-bond acceptors (Lipinski definition) is 6. The summed E-state index contributed by atoms with van der Waals surface area (Å²) in [5, 5.41) is 16.9. The largest absolute Gasteiger partial charge is 0.492 e. The van der Waals surface area contributed by atoms with E-state index in [-0.39, 0.29) is 11.9 Å². The third kappa shape index (κ3) is 2.45. The summed E-state index contributed by atoms with van der Waals surface area (Å²) >= 11 is 3.23. The topological polar surface area (TPSA) is 53.7 Å². The van der Waals surface area contributed by atoms with E-state index in [0.29, 0.717) is 5.82 Å². The van der Waals surface area contributed by atoms with Crippen LogP contribution >= 0.6 is 22.7 Å². The molecule has 5 nitrogen and oxygen atoms in total. The minimum atomic E-state index is 0.0637. The van der Waals surface area contributed by atoms with Crippen molar-refractivity contribution in [3.63, 3.8) is 0 Å². The van der Waals surface area contributed by atoms with E-state index in [1.54, 1.807) is 15.9 Å². The van der Waals surface area contributed by atoms with Crippen LogP contribution in [0.4, 0.5) is 0 Å². The molecule has 3 rings (SSSR count). The third-order valence-corrected chi connectivity index (χ3v) is 5.54. The summed E-state index contributed by atoms with van der Waals surface area (Å²) in [5.74, 6) is 0.888. The quantitative estimate of drug-likeness (QED) is 0.783. The molecule has 7 heteroatoms. The van der Waals surface area contributed by atoms with E-state index in [0.717, 1.165) is 22.9 Å². The number of thiazole rings is 1. The molecule has 3 aromatic heterocycles. The number of rotatable bonds is 5. The van der Waals surface area contributed by atoms with Crippen LogP contribution in [0.15, 0.2) is 17.5 Å². The van der Waals surface area contributed by atoms with Crippen LogP contribution in [-0.2, 0) is 0 Å². The van der Waals surface area contributed by atoms with Gasteiger partial charge in [-0.1, -0.05) is 31.3 Å². The summed E-state index contributed by atoms with van der Waals surface area (Å²) in [7, 11) is 0. The Kier molecular flexibility index (Phi) is 3.97. The van der Waals surface area contributed by atoms with Crippen molar-refractivity contribution in [2.45, 2.75) is 26.8 Å². The molecule has 0 fully saturated rings. The highest BCUT2D eigenvalue weighted by atomic mass is 32.1. The number of hydrogen-bond donors (Lipinski definition) is 1. The van der Waals surface area contributed by atoms with Crippen LogP contribution in [0.5, 0.6) is 5.88 Å². The SMILES string of the molecule is CCN(CC)C(c1cccs1)c1sc2nc(C)nn2c1O.